The summed E-state index contributed by atoms with van der Waals surface area (Å²) < 4.78 is 89.4. The van der Waals surface area contributed by atoms with Gasteiger partial charge in [0.05, 0.1) is 6.04 Å². The molecule has 0 aliphatic heterocycles. The summed E-state index contributed by atoms with van der Waals surface area (Å²) in [6, 6.07) is 1.35. The minimum absolute atomic E-state index is 0.229. The number of aliphatic hydroxyl groups excluding tert-OH is 1. The Balaban J connectivity index is 2.84. The van der Waals surface area contributed by atoms with Gasteiger partial charge in [-0.05, 0) is 17.7 Å². The van der Waals surface area contributed by atoms with E-state index in [1.807, 2.05) is 0 Å². The molecule has 1 rings (SSSR count). The molecule has 1 aromatic carbocycles. The highest BCUT2D eigenvalue weighted by atomic mass is 19.4. The minimum Gasteiger partial charge on any atom is -0.428 e. The van der Waals surface area contributed by atoms with Gasteiger partial charge in [0.25, 0.3) is 0 Å². The second kappa shape index (κ2) is 6.06. The van der Waals surface area contributed by atoms with Crippen LogP contribution < -0.4 is 10.5 Å². The van der Waals surface area contributed by atoms with Crippen LogP contribution in [0.5, 0.6) is 5.75 Å². The van der Waals surface area contributed by atoms with Crippen LogP contribution in [0.2, 0.25) is 0 Å². The van der Waals surface area contributed by atoms with Crippen LogP contribution in [0.1, 0.15) is 11.6 Å². The van der Waals surface area contributed by atoms with Gasteiger partial charge in [0.15, 0.2) is 6.10 Å². The van der Waals surface area contributed by atoms with Crippen LogP contribution in [0.3, 0.4) is 0 Å². The summed E-state index contributed by atoms with van der Waals surface area (Å²) >= 11 is 0. The normalized spacial score (nSPS) is 15.9. The third kappa shape index (κ3) is 4.46. The molecule has 0 heterocycles. The molecule has 120 valence electrons. The maximum atomic E-state index is 12.6. The third-order valence-electron chi connectivity index (χ3n) is 2.45. The van der Waals surface area contributed by atoms with Gasteiger partial charge in [0.2, 0.25) is 0 Å². The third-order valence-corrected chi connectivity index (χ3v) is 2.45. The van der Waals surface area contributed by atoms with E-state index in [1.165, 1.54) is 0 Å². The van der Waals surface area contributed by atoms with Gasteiger partial charge in [0.1, 0.15) is 5.75 Å². The Labute approximate surface area is 114 Å². The van der Waals surface area contributed by atoms with Crippen LogP contribution >= 0.6 is 0 Å². The van der Waals surface area contributed by atoms with Gasteiger partial charge in [-0.15, -0.1) is 0 Å². The molecular weight excluding hydrogens is 311 g/mol. The quantitative estimate of drug-likeness (QED) is 0.820. The maximum Gasteiger partial charge on any atom is 0.461 e. The molecule has 10 heteroatoms. The fraction of sp³-hybridized carbons (Fsp3) is 0.455. The van der Waals surface area contributed by atoms with Crippen LogP contribution in [0.25, 0.3) is 0 Å². The van der Waals surface area contributed by atoms with Crippen LogP contribution in [-0.2, 0) is 0 Å². The number of halogens is 7. The van der Waals surface area contributed by atoms with Crippen molar-refractivity contribution < 1.29 is 40.6 Å². The smallest absolute Gasteiger partial charge is 0.428 e. The van der Waals surface area contributed by atoms with Gasteiger partial charge < -0.3 is 15.6 Å². The number of benzene rings is 1. The summed E-state index contributed by atoms with van der Waals surface area (Å²) in [5.41, 5.74) is 4.94. The molecule has 2 atom stereocenters. The Kier molecular flexibility index (Phi) is 5.05. The highest BCUT2D eigenvalue weighted by molar-refractivity contribution is 5.30. The van der Waals surface area contributed by atoms with Crippen molar-refractivity contribution >= 4 is 0 Å². The van der Waals surface area contributed by atoms with E-state index in [2.05, 4.69) is 4.74 Å². The molecule has 0 fully saturated rings. The highest BCUT2D eigenvalue weighted by Gasteiger charge is 2.44. The van der Waals surface area contributed by atoms with Crippen molar-refractivity contribution in [3.63, 3.8) is 0 Å². The fourth-order valence-corrected chi connectivity index (χ4v) is 1.35. The van der Waals surface area contributed by atoms with Gasteiger partial charge >= 0.3 is 18.7 Å². The average Bonchev–Trinajstić information content (AvgIpc) is 2.36. The molecule has 0 spiro atoms. The zero-order chi connectivity index (χ0) is 16.4. The van der Waals surface area contributed by atoms with Crippen LogP contribution in [0, 0.1) is 0 Å². The van der Waals surface area contributed by atoms with Crippen molar-refractivity contribution in [2.24, 2.45) is 5.73 Å². The largest absolute Gasteiger partial charge is 0.461 e. The molecule has 0 aliphatic rings. The van der Waals surface area contributed by atoms with Crippen molar-refractivity contribution in [3.05, 3.63) is 29.8 Å². The zero-order valence-electron chi connectivity index (χ0n) is 10.1. The van der Waals surface area contributed by atoms with Gasteiger partial charge in [-0.2, -0.15) is 30.7 Å². The van der Waals surface area contributed by atoms with Crippen LogP contribution in [-0.4, -0.2) is 29.9 Å². The molecule has 3 nitrogen and oxygen atoms in total. The first-order valence-electron chi connectivity index (χ1n) is 5.40. The van der Waals surface area contributed by atoms with Crippen molar-refractivity contribution in [2.45, 2.75) is 30.9 Å². The highest BCUT2D eigenvalue weighted by Crippen LogP contribution is 2.31. The lowest BCUT2D eigenvalue weighted by atomic mass is 10.0. The Hall–Kier alpha value is -1.55. The Morgan fingerprint density at radius 2 is 1.48 bits per heavy atom. The SMILES string of the molecule is N[C@@H](c1ccc(OC(F)(F)C(F)F)cc1)[C@H](O)C(F)(F)F. The predicted octanol–water partition coefficient (Wildman–Crippen LogP) is 2.85. The number of hydrogen-bond donors (Lipinski definition) is 2. The molecule has 21 heavy (non-hydrogen) atoms. The van der Waals surface area contributed by atoms with E-state index in [0.29, 0.717) is 0 Å². The Bertz CT molecular complexity index is 461. The second-order valence-electron chi connectivity index (χ2n) is 4.05. The molecule has 0 unspecified atom stereocenters. The zero-order valence-corrected chi connectivity index (χ0v) is 10.1. The summed E-state index contributed by atoms with van der Waals surface area (Å²) in [5, 5.41) is 8.94. The number of alkyl halides is 7. The molecule has 0 bridgehead atoms. The second-order valence-corrected chi connectivity index (χ2v) is 4.05. The van der Waals surface area contributed by atoms with E-state index in [4.69, 9.17) is 10.8 Å². The van der Waals surface area contributed by atoms with Crippen molar-refractivity contribution in [2.75, 3.05) is 0 Å². The average molecular weight is 321 g/mol. The summed E-state index contributed by atoms with van der Waals surface area (Å²) in [4.78, 5) is 0. The van der Waals surface area contributed by atoms with E-state index in [0.717, 1.165) is 24.3 Å². The number of ether oxygens (including phenoxy) is 1. The van der Waals surface area contributed by atoms with Crippen molar-refractivity contribution in [1.82, 2.24) is 0 Å². The first-order valence-corrected chi connectivity index (χ1v) is 5.40. The van der Waals surface area contributed by atoms with Crippen LogP contribution in [0.4, 0.5) is 30.7 Å². The molecule has 3 N–H and O–H groups in total. The molecule has 0 radical (unpaired) electrons. The van der Waals surface area contributed by atoms with Crippen molar-refractivity contribution in [3.8, 4) is 5.75 Å². The van der Waals surface area contributed by atoms with Gasteiger partial charge in [-0.1, -0.05) is 12.1 Å². The van der Waals surface area contributed by atoms with E-state index < -0.39 is 36.6 Å². The van der Waals surface area contributed by atoms with Crippen molar-refractivity contribution in [1.29, 1.82) is 0 Å². The van der Waals surface area contributed by atoms with E-state index in [9.17, 15) is 30.7 Å². The number of aliphatic hydroxyl groups is 1. The van der Waals surface area contributed by atoms with Crippen LogP contribution in [0.15, 0.2) is 24.3 Å². The summed E-state index contributed by atoms with van der Waals surface area (Å²) in [7, 11) is 0. The monoisotopic (exact) mass is 321 g/mol. The van der Waals surface area contributed by atoms with E-state index in [-0.39, 0.29) is 5.56 Å². The number of nitrogens with two attached hydrogens (primary N) is 1. The van der Waals surface area contributed by atoms with E-state index >= 15 is 0 Å². The fourth-order valence-electron chi connectivity index (χ4n) is 1.35. The molecule has 0 saturated heterocycles. The summed E-state index contributed by atoms with van der Waals surface area (Å²) in [6.07, 6.45) is -16.6. The summed E-state index contributed by atoms with van der Waals surface area (Å²) in [5.74, 6) is -0.683. The number of hydrogen-bond acceptors (Lipinski definition) is 3. The standard InChI is InChI=1S/C11H10F7NO2/c12-9(13)11(17,18)21-6-3-1-5(2-4-6)7(19)8(20)10(14,15)16/h1-4,7-9,20H,19H2/t7-,8-/m0/s1. The molecule has 0 aliphatic carbocycles. The topological polar surface area (TPSA) is 55.5 Å². The Morgan fingerprint density at radius 3 is 1.86 bits per heavy atom. The van der Waals surface area contributed by atoms with Gasteiger partial charge in [0, 0.05) is 0 Å². The van der Waals surface area contributed by atoms with Gasteiger partial charge in [-0.25, -0.2) is 0 Å². The lowest BCUT2D eigenvalue weighted by Crippen LogP contribution is -2.38. The minimum atomic E-state index is -4.96. The Morgan fingerprint density at radius 1 is 1.00 bits per heavy atom. The van der Waals surface area contributed by atoms with Gasteiger partial charge in [-0.3, -0.25) is 0 Å². The summed E-state index contributed by atoms with van der Waals surface area (Å²) in [6.45, 7) is 0. The lowest BCUT2D eigenvalue weighted by Gasteiger charge is -2.22. The molecule has 0 amide bonds. The van der Waals surface area contributed by atoms with E-state index in [1.54, 1.807) is 0 Å². The lowest BCUT2D eigenvalue weighted by molar-refractivity contribution is -0.253. The maximum absolute atomic E-state index is 12.6. The first kappa shape index (κ1) is 17.5. The molecule has 0 saturated carbocycles. The molecule has 0 aromatic heterocycles. The first-order chi connectivity index (χ1) is 9.45. The predicted molar refractivity (Wildman–Crippen MR) is 57.0 cm³/mol. The molecule has 1 aromatic rings. The number of rotatable bonds is 5. The molecular formula is C11H10F7NO2.